The van der Waals surface area contributed by atoms with Crippen molar-refractivity contribution >= 4 is 28.4 Å². The second kappa shape index (κ2) is 8.62. The smallest absolute Gasteiger partial charge is 0.254 e. The van der Waals surface area contributed by atoms with Crippen LogP contribution in [-0.2, 0) is 31.0 Å². The van der Waals surface area contributed by atoms with E-state index in [9.17, 15) is 14.0 Å². The van der Waals surface area contributed by atoms with Crippen molar-refractivity contribution in [1.29, 1.82) is 0 Å². The predicted molar refractivity (Wildman–Crippen MR) is 108 cm³/mol. The number of fused-ring (bicyclic) bond motifs is 1. The highest BCUT2D eigenvalue weighted by atomic mass is 127. The number of ketones is 1. The summed E-state index contributed by atoms with van der Waals surface area (Å²) in [5.41, 5.74) is 2.76. The lowest BCUT2D eigenvalue weighted by molar-refractivity contribution is 0.0661. The number of aliphatic hydroxyl groups excluding tert-OH is 1. The zero-order valence-electron chi connectivity index (χ0n) is 15.1. The standard InChI is InChI=1S/C20H21FINO4/c1-23-17(9-12-5-6-13(22)10-16(12)21)19(18(25)11-27-8-7-24)14-3-2-4-15(14)20(23)26/h5-6,10,24H,2-4,7-9,11H2,1H3. The molecule has 3 rings (SSSR count). The fourth-order valence-corrected chi connectivity index (χ4v) is 4.06. The van der Waals surface area contributed by atoms with E-state index in [1.165, 1.54) is 10.6 Å². The number of benzene rings is 1. The lowest BCUT2D eigenvalue weighted by atomic mass is 9.95. The van der Waals surface area contributed by atoms with Gasteiger partial charge in [0.2, 0.25) is 0 Å². The Morgan fingerprint density at radius 1 is 1.33 bits per heavy atom. The summed E-state index contributed by atoms with van der Waals surface area (Å²) in [6, 6.07) is 4.93. The van der Waals surface area contributed by atoms with E-state index in [-0.39, 0.29) is 43.4 Å². The Balaban J connectivity index is 2.09. The van der Waals surface area contributed by atoms with Gasteiger partial charge in [0.25, 0.3) is 5.56 Å². The van der Waals surface area contributed by atoms with Crippen LogP contribution in [0.1, 0.15) is 39.2 Å². The fraction of sp³-hybridized carbons (Fsp3) is 0.400. The van der Waals surface area contributed by atoms with E-state index in [2.05, 4.69) is 0 Å². The summed E-state index contributed by atoms with van der Waals surface area (Å²) < 4.78 is 21.9. The zero-order chi connectivity index (χ0) is 19.6. The molecule has 1 heterocycles. The molecular weight excluding hydrogens is 464 g/mol. The molecule has 0 saturated heterocycles. The summed E-state index contributed by atoms with van der Waals surface area (Å²) in [6.07, 6.45) is 2.29. The molecule has 5 nitrogen and oxygen atoms in total. The van der Waals surface area contributed by atoms with Gasteiger partial charge in [0.1, 0.15) is 12.4 Å². The average Bonchev–Trinajstić information content (AvgIpc) is 3.11. The second-order valence-corrected chi connectivity index (χ2v) is 7.85. The lowest BCUT2D eigenvalue weighted by Crippen LogP contribution is -2.29. The van der Waals surface area contributed by atoms with Crippen molar-refractivity contribution in [2.45, 2.75) is 25.7 Å². The number of halogens is 2. The molecule has 0 amide bonds. The van der Waals surface area contributed by atoms with Crippen molar-refractivity contribution in [3.8, 4) is 0 Å². The minimum absolute atomic E-state index is 0.0702. The molecule has 1 aliphatic rings. The molecule has 0 spiro atoms. The number of rotatable bonds is 7. The van der Waals surface area contributed by atoms with Gasteiger partial charge in [0.05, 0.1) is 13.2 Å². The number of carbonyl (C=O) groups excluding carboxylic acids is 1. The first-order valence-corrected chi connectivity index (χ1v) is 9.91. The number of hydrogen-bond donors (Lipinski definition) is 1. The number of aromatic nitrogens is 1. The third-order valence-corrected chi connectivity index (χ3v) is 5.57. The second-order valence-electron chi connectivity index (χ2n) is 6.61. The number of nitrogens with zero attached hydrogens (tertiary/aromatic N) is 1. The number of hydrogen-bond acceptors (Lipinski definition) is 4. The molecule has 1 aliphatic carbocycles. The number of ether oxygens (including phenoxy) is 1. The van der Waals surface area contributed by atoms with Crippen molar-refractivity contribution < 1.29 is 19.0 Å². The monoisotopic (exact) mass is 485 g/mol. The van der Waals surface area contributed by atoms with Gasteiger partial charge in [0, 0.05) is 33.9 Å². The van der Waals surface area contributed by atoms with E-state index in [1.807, 2.05) is 22.6 Å². The van der Waals surface area contributed by atoms with E-state index in [1.54, 1.807) is 19.2 Å². The molecule has 7 heteroatoms. The van der Waals surface area contributed by atoms with Gasteiger partial charge >= 0.3 is 0 Å². The summed E-state index contributed by atoms with van der Waals surface area (Å²) >= 11 is 2.04. The van der Waals surface area contributed by atoms with Crippen molar-refractivity contribution in [2.24, 2.45) is 7.05 Å². The molecule has 27 heavy (non-hydrogen) atoms. The first-order chi connectivity index (χ1) is 12.9. The summed E-state index contributed by atoms with van der Waals surface area (Å²) in [5, 5.41) is 8.86. The Labute approximate surface area is 170 Å². The Morgan fingerprint density at radius 3 is 2.78 bits per heavy atom. The van der Waals surface area contributed by atoms with Gasteiger partial charge in [-0.2, -0.15) is 0 Å². The number of Topliss-reactive ketones (excluding diaryl/α,β-unsaturated/α-hetero) is 1. The van der Waals surface area contributed by atoms with Crippen LogP contribution in [0.5, 0.6) is 0 Å². The van der Waals surface area contributed by atoms with E-state index in [4.69, 9.17) is 9.84 Å². The van der Waals surface area contributed by atoms with E-state index < -0.39 is 0 Å². The minimum Gasteiger partial charge on any atom is -0.394 e. The van der Waals surface area contributed by atoms with Crippen LogP contribution in [0, 0.1) is 9.39 Å². The molecule has 0 radical (unpaired) electrons. The van der Waals surface area contributed by atoms with Crippen molar-refractivity contribution in [3.63, 3.8) is 0 Å². The van der Waals surface area contributed by atoms with Gasteiger partial charge in [0.15, 0.2) is 5.78 Å². The van der Waals surface area contributed by atoms with Crippen molar-refractivity contribution in [1.82, 2.24) is 4.57 Å². The minimum atomic E-state index is -0.357. The Hall–Kier alpha value is -1.58. The first kappa shape index (κ1) is 20.2. The Morgan fingerprint density at radius 2 is 2.07 bits per heavy atom. The van der Waals surface area contributed by atoms with Crippen LogP contribution in [0.3, 0.4) is 0 Å². The third-order valence-electron chi connectivity index (χ3n) is 4.90. The maximum Gasteiger partial charge on any atom is 0.254 e. The largest absolute Gasteiger partial charge is 0.394 e. The van der Waals surface area contributed by atoms with Crippen LogP contribution in [0.25, 0.3) is 0 Å². The molecule has 0 unspecified atom stereocenters. The quantitative estimate of drug-likeness (QED) is 0.372. The highest BCUT2D eigenvalue weighted by molar-refractivity contribution is 14.1. The molecule has 1 N–H and O–H groups in total. The van der Waals surface area contributed by atoms with Crippen LogP contribution in [0.2, 0.25) is 0 Å². The molecule has 0 saturated carbocycles. The zero-order valence-corrected chi connectivity index (χ0v) is 17.2. The van der Waals surface area contributed by atoms with Crippen LogP contribution >= 0.6 is 22.6 Å². The average molecular weight is 485 g/mol. The maximum absolute atomic E-state index is 14.4. The third kappa shape index (κ3) is 4.14. The molecule has 0 atom stereocenters. The van der Waals surface area contributed by atoms with E-state index in [0.29, 0.717) is 35.2 Å². The Kier molecular flexibility index (Phi) is 6.44. The molecule has 0 aliphatic heterocycles. The molecule has 2 aromatic rings. The van der Waals surface area contributed by atoms with Gasteiger partial charge in [-0.1, -0.05) is 6.07 Å². The molecule has 1 aromatic heterocycles. The highest BCUT2D eigenvalue weighted by Gasteiger charge is 2.27. The molecule has 1 aromatic carbocycles. The van der Waals surface area contributed by atoms with Crippen molar-refractivity contribution in [2.75, 3.05) is 19.8 Å². The van der Waals surface area contributed by atoms with Gasteiger partial charge in [-0.3, -0.25) is 9.59 Å². The van der Waals surface area contributed by atoms with Crippen LogP contribution < -0.4 is 5.56 Å². The SMILES string of the molecule is Cn1c(Cc2ccc(I)cc2F)c(C(=O)COCCO)c2c(c1=O)CCC2. The Bertz CT molecular complexity index is 939. The molecule has 144 valence electrons. The lowest BCUT2D eigenvalue weighted by Gasteiger charge is -2.18. The number of aliphatic hydroxyl groups is 1. The predicted octanol–water partition coefficient (Wildman–Crippen LogP) is 2.40. The van der Waals surface area contributed by atoms with Crippen LogP contribution in [0.4, 0.5) is 4.39 Å². The van der Waals surface area contributed by atoms with Crippen molar-refractivity contribution in [3.05, 3.63) is 65.9 Å². The summed E-state index contributed by atoms with van der Waals surface area (Å²) in [4.78, 5) is 25.6. The summed E-state index contributed by atoms with van der Waals surface area (Å²) in [5.74, 6) is -0.595. The highest BCUT2D eigenvalue weighted by Crippen LogP contribution is 2.28. The molecule has 0 fully saturated rings. The van der Waals surface area contributed by atoms with Gasteiger partial charge < -0.3 is 14.4 Å². The van der Waals surface area contributed by atoms with Gasteiger partial charge in [-0.15, -0.1) is 0 Å². The number of pyridine rings is 1. The molecular formula is C20H21FINO4. The topological polar surface area (TPSA) is 68.5 Å². The van der Waals surface area contributed by atoms with Gasteiger partial charge in [-0.05, 0) is 65.1 Å². The fourth-order valence-electron chi connectivity index (χ4n) is 3.61. The van der Waals surface area contributed by atoms with Crippen LogP contribution in [-0.4, -0.2) is 35.3 Å². The normalized spacial score (nSPS) is 13.0. The van der Waals surface area contributed by atoms with Crippen LogP contribution in [0.15, 0.2) is 23.0 Å². The first-order valence-electron chi connectivity index (χ1n) is 8.83. The molecule has 0 bridgehead atoms. The maximum atomic E-state index is 14.4. The number of carbonyl (C=O) groups is 1. The van der Waals surface area contributed by atoms with E-state index in [0.717, 1.165) is 15.6 Å². The van der Waals surface area contributed by atoms with Gasteiger partial charge in [-0.25, -0.2) is 4.39 Å². The summed E-state index contributed by atoms with van der Waals surface area (Å²) in [6.45, 7) is -0.270. The summed E-state index contributed by atoms with van der Waals surface area (Å²) in [7, 11) is 1.63. The van der Waals surface area contributed by atoms with E-state index >= 15 is 0 Å².